The zero-order valence-corrected chi connectivity index (χ0v) is 16.8. The van der Waals surface area contributed by atoms with E-state index in [4.69, 9.17) is 28.0 Å². The van der Waals surface area contributed by atoms with E-state index in [0.717, 1.165) is 12.1 Å². The molecule has 31 heavy (non-hydrogen) atoms. The number of benzene rings is 2. The summed E-state index contributed by atoms with van der Waals surface area (Å²) in [7, 11) is 0. The van der Waals surface area contributed by atoms with Crippen LogP contribution in [0.5, 0.6) is 0 Å². The van der Waals surface area contributed by atoms with Gasteiger partial charge < -0.3 is 9.94 Å². The normalized spacial score (nSPS) is 18.5. The quantitative estimate of drug-likeness (QED) is 0.588. The fourth-order valence-electron chi connectivity index (χ4n) is 3.26. The molecule has 12 heteroatoms. The maximum Gasteiger partial charge on any atom is 0.435 e. The third-order valence-electron chi connectivity index (χ3n) is 4.74. The summed E-state index contributed by atoms with van der Waals surface area (Å²) < 4.78 is 43.6. The Labute approximate surface area is 182 Å². The van der Waals surface area contributed by atoms with Gasteiger partial charge in [0.25, 0.3) is 5.60 Å². The Morgan fingerprint density at radius 1 is 1.16 bits per heavy atom. The molecular formula is C19H11Cl2F3N4O3. The molecule has 2 heterocycles. The molecule has 0 radical (unpaired) electrons. The van der Waals surface area contributed by atoms with Crippen molar-refractivity contribution in [3.63, 3.8) is 0 Å². The molecule has 0 bridgehead atoms. The number of carbonyl (C=O) groups is 1. The largest absolute Gasteiger partial charge is 0.478 e. The highest BCUT2D eigenvalue weighted by molar-refractivity contribution is 6.34. The lowest BCUT2D eigenvalue weighted by molar-refractivity contribution is -0.275. The molecule has 0 spiro atoms. The summed E-state index contributed by atoms with van der Waals surface area (Å²) in [6, 6.07) is 7.56. The molecule has 160 valence electrons. The molecule has 7 nitrogen and oxygen atoms in total. The zero-order chi connectivity index (χ0) is 22.4. The van der Waals surface area contributed by atoms with E-state index in [1.54, 1.807) is 0 Å². The Morgan fingerprint density at radius 2 is 1.87 bits per heavy atom. The SMILES string of the molecule is O=C(O)c1cc(C2=NOC(c3cc(Cl)cc(Cl)c3)(C(F)(F)F)C2)ccc1-n1cncn1. The number of oxime groups is 1. The number of rotatable bonds is 4. The van der Waals surface area contributed by atoms with Crippen LogP contribution in [0.15, 0.2) is 54.2 Å². The molecular weight excluding hydrogens is 460 g/mol. The molecule has 1 aliphatic heterocycles. The summed E-state index contributed by atoms with van der Waals surface area (Å²) in [6.07, 6.45) is -3.03. The highest BCUT2D eigenvalue weighted by Crippen LogP contribution is 2.49. The molecule has 1 N–H and O–H groups in total. The van der Waals surface area contributed by atoms with Crippen LogP contribution < -0.4 is 0 Å². The highest BCUT2D eigenvalue weighted by Gasteiger charge is 2.62. The molecule has 0 saturated carbocycles. The minimum Gasteiger partial charge on any atom is -0.478 e. The number of alkyl halides is 3. The number of halogens is 5. The summed E-state index contributed by atoms with van der Waals surface area (Å²) in [5, 5.41) is 17.1. The molecule has 4 rings (SSSR count). The van der Waals surface area contributed by atoms with E-state index in [1.807, 2.05) is 0 Å². The van der Waals surface area contributed by atoms with Crippen LogP contribution >= 0.6 is 23.2 Å². The average Bonchev–Trinajstić information content (AvgIpc) is 3.37. The van der Waals surface area contributed by atoms with Gasteiger partial charge in [-0.25, -0.2) is 14.5 Å². The van der Waals surface area contributed by atoms with Gasteiger partial charge in [-0.2, -0.15) is 18.3 Å². The number of nitrogens with zero attached hydrogens (tertiary/aromatic N) is 4. The topological polar surface area (TPSA) is 89.6 Å². The van der Waals surface area contributed by atoms with E-state index in [9.17, 15) is 23.1 Å². The second kappa shape index (κ2) is 7.54. The number of carboxylic acids is 1. The van der Waals surface area contributed by atoms with Crippen molar-refractivity contribution in [2.24, 2.45) is 5.16 Å². The van der Waals surface area contributed by atoms with E-state index >= 15 is 0 Å². The first kappa shape index (κ1) is 21.1. The fraction of sp³-hybridized carbons (Fsp3) is 0.158. The van der Waals surface area contributed by atoms with Gasteiger partial charge in [0, 0.05) is 27.6 Å². The maximum absolute atomic E-state index is 14.1. The first-order valence-corrected chi connectivity index (χ1v) is 9.37. The van der Waals surface area contributed by atoms with Crippen LogP contribution in [0.4, 0.5) is 13.2 Å². The third-order valence-corrected chi connectivity index (χ3v) is 5.18. The first-order chi connectivity index (χ1) is 14.6. The predicted molar refractivity (Wildman–Crippen MR) is 105 cm³/mol. The minimum atomic E-state index is -4.86. The standard InChI is InChI=1S/C19H11Cl2F3N4O3/c20-12-4-11(5-13(21)6-12)18(19(22,23)24)7-15(27-31-18)10-1-2-16(14(3-10)17(29)30)28-9-25-8-26-28/h1-6,8-9H,7H2,(H,29,30). The van der Waals surface area contributed by atoms with E-state index in [0.29, 0.717) is 0 Å². The number of carboxylic acid groups (broad SMARTS) is 1. The van der Waals surface area contributed by atoms with Crippen molar-refractivity contribution in [2.75, 3.05) is 0 Å². The van der Waals surface area contributed by atoms with Crippen LogP contribution in [0.3, 0.4) is 0 Å². The molecule has 0 amide bonds. The molecule has 1 aliphatic rings. The zero-order valence-electron chi connectivity index (χ0n) is 15.3. The van der Waals surface area contributed by atoms with Crippen molar-refractivity contribution < 1.29 is 27.9 Å². The van der Waals surface area contributed by atoms with Crippen LogP contribution in [-0.2, 0) is 10.4 Å². The Kier molecular flexibility index (Phi) is 5.14. The number of hydrogen-bond acceptors (Lipinski definition) is 5. The van der Waals surface area contributed by atoms with E-state index in [-0.39, 0.29) is 38.1 Å². The van der Waals surface area contributed by atoms with Crippen LogP contribution in [0, 0.1) is 0 Å². The van der Waals surface area contributed by atoms with Gasteiger partial charge in [-0.15, -0.1) is 0 Å². The van der Waals surface area contributed by atoms with E-state index < -0.39 is 24.2 Å². The van der Waals surface area contributed by atoms with Crippen LogP contribution in [0.25, 0.3) is 5.69 Å². The fourth-order valence-corrected chi connectivity index (χ4v) is 3.79. The summed E-state index contributed by atoms with van der Waals surface area (Å²) in [6.45, 7) is 0. The van der Waals surface area contributed by atoms with Crippen molar-refractivity contribution in [3.8, 4) is 5.69 Å². The van der Waals surface area contributed by atoms with Crippen molar-refractivity contribution in [1.29, 1.82) is 0 Å². The van der Waals surface area contributed by atoms with Crippen molar-refractivity contribution in [3.05, 3.63) is 75.8 Å². The van der Waals surface area contributed by atoms with E-state index in [2.05, 4.69) is 15.2 Å². The van der Waals surface area contributed by atoms with Crippen LogP contribution in [-0.4, -0.2) is 37.7 Å². The Bertz CT molecular complexity index is 1180. The lowest BCUT2D eigenvalue weighted by atomic mass is 9.86. The van der Waals surface area contributed by atoms with Gasteiger partial charge in [-0.3, -0.25) is 0 Å². The van der Waals surface area contributed by atoms with Gasteiger partial charge in [0.15, 0.2) is 0 Å². The summed E-state index contributed by atoms with van der Waals surface area (Å²) in [4.78, 5) is 20.4. The highest BCUT2D eigenvalue weighted by atomic mass is 35.5. The molecule has 0 aliphatic carbocycles. The molecule has 1 atom stereocenters. The van der Waals surface area contributed by atoms with Crippen molar-refractivity contribution >= 4 is 34.9 Å². The summed E-state index contributed by atoms with van der Waals surface area (Å²) >= 11 is 11.8. The van der Waals surface area contributed by atoms with Crippen LogP contribution in [0.2, 0.25) is 10.0 Å². The number of hydrogen-bond donors (Lipinski definition) is 1. The predicted octanol–water partition coefficient (Wildman–Crippen LogP) is 4.85. The number of aromatic carboxylic acids is 1. The molecule has 3 aromatic rings. The first-order valence-electron chi connectivity index (χ1n) is 8.62. The van der Waals surface area contributed by atoms with Gasteiger partial charge in [-0.1, -0.05) is 34.4 Å². The summed E-state index contributed by atoms with van der Waals surface area (Å²) in [5.74, 6) is -1.30. The second-order valence-electron chi connectivity index (χ2n) is 6.67. The second-order valence-corrected chi connectivity index (χ2v) is 7.54. The van der Waals surface area contributed by atoms with Gasteiger partial charge in [0.05, 0.1) is 17.0 Å². The molecule has 0 fully saturated rings. The van der Waals surface area contributed by atoms with Crippen molar-refractivity contribution in [1.82, 2.24) is 14.8 Å². The summed E-state index contributed by atoms with van der Waals surface area (Å²) in [5.41, 5.74) is -3.06. The molecule has 2 aromatic carbocycles. The lowest BCUT2D eigenvalue weighted by Crippen LogP contribution is -2.42. The van der Waals surface area contributed by atoms with E-state index in [1.165, 1.54) is 41.6 Å². The molecule has 1 aromatic heterocycles. The smallest absolute Gasteiger partial charge is 0.435 e. The van der Waals surface area contributed by atoms with Gasteiger partial charge in [-0.05, 0) is 30.3 Å². The monoisotopic (exact) mass is 470 g/mol. The Balaban J connectivity index is 1.76. The molecule has 0 saturated heterocycles. The van der Waals surface area contributed by atoms with Crippen molar-refractivity contribution in [2.45, 2.75) is 18.2 Å². The van der Waals surface area contributed by atoms with Gasteiger partial charge >= 0.3 is 12.1 Å². The third kappa shape index (κ3) is 3.72. The van der Waals surface area contributed by atoms with Gasteiger partial charge in [0.2, 0.25) is 0 Å². The molecule has 1 unspecified atom stereocenters. The lowest BCUT2D eigenvalue weighted by Gasteiger charge is -2.29. The maximum atomic E-state index is 14.1. The number of aromatic nitrogens is 3. The Hall–Kier alpha value is -3.11. The Morgan fingerprint density at radius 3 is 2.45 bits per heavy atom. The minimum absolute atomic E-state index is 0.00789. The van der Waals surface area contributed by atoms with Crippen LogP contribution in [0.1, 0.15) is 27.9 Å². The van der Waals surface area contributed by atoms with Gasteiger partial charge in [0.1, 0.15) is 12.7 Å². The average molecular weight is 471 g/mol.